The number of benzene rings is 2. The fourth-order valence-corrected chi connectivity index (χ4v) is 5.43. The summed E-state index contributed by atoms with van der Waals surface area (Å²) < 4.78 is 17.7. The Balaban J connectivity index is 1.57. The molecule has 6 nitrogen and oxygen atoms in total. The van der Waals surface area contributed by atoms with Gasteiger partial charge in [0.2, 0.25) is 0 Å². The van der Waals surface area contributed by atoms with Crippen LogP contribution in [0.1, 0.15) is 53.6 Å². The van der Waals surface area contributed by atoms with E-state index in [0.29, 0.717) is 17.9 Å². The Morgan fingerprint density at radius 1 is 0.971 bits per heavy atom. The number of ether oxygens (including phenoxy) is 3. The van der Waals surface area contributed by atoms with Crippen LogP contribution in [0.15, 0.2) is 42.5 Å². The number of nitrogens with zero attached hydrogens (tertiary/aromatic N) is 2. The highest BCUT2D eigenvalue weighted by Crippen LogP contribution is 2.30. The highest BCUT2D eigenvalue weighted by Gasteiger charge is 2.35. The highest BCUT2D eigenvalue weighted by atomic mass is 16.5. The lowest BCUT2D eigenvalue weighted by molar-refractivity contribution is -0.0155. The van der Waals surface area contributed by atoms with Gasteiger partial charge in [0.05, 0.1) is 24.8 Å². The Morgan fingerprint density at radius 2 is 1.82 bits per heavy atom. The number of fused-ring (bicyclic) bond motifs is 2. The maximum atomic E-state index is 13.6. The zero-order chi connectivity index (χ0) is 23.9. The number of piperidine rings is 1. The minimum atomic E-state index is 0.0583. The van der Waals surface area contributed by atoms with Gasteiger partial charge in [-0.3, -0.25) is 9.69 Å². The molecule has 0 unspecified atom stereocenters. The van der Waals surface area contributed by atoms with Crippen LogP contribution in [0.25, 0.3) is 0 Å². The number of methoxy groups -OCH3 is 2. The molecule has 1 fully saturated rings. The molecule has 2 aliphatic rings. The largest absolute Gasteiger partial charge is 0.496 e. The zero-order valence-corrected chi connectivity index (χ0v) is 20.8. The number of amides is 1. The molecule has 2 aliphatic heterocycles. The molecule has 0 saturated carbocycles. The molecular formula is C28H38N2O4. The zero-order valence-electron chi connectivity index (χ0n) is 20.8. The monoisotopic (exact) mass is 466 g/mol. The molecule has 0 radical (unpaired) electrons. The molecule has 1 amide bonds. The van der Waals surface area contributed by atoms with Crippen LogP contribution < -0.4 is 9.47 Å². The Bertz CT molecular complexity index is 963. The molecule has 34 heavy (non-hydrogen) atoms. The molecule has 1 saturated heterocycles. The van der Waals surface area contributed by atoms with Crippen molar-refractivity contribution >= 4 is 5.91 Å². The Morgan fingerprint density at radius 3 is 2.65 bits per heavy atom. The van der Waals surface area contributed by atoms with Gasteiger partial charge < -0.3 is 19.1 Å². The molecule has 2 atom stereocenters. The van der Waals surface area contributed by atoms with E-state index in [1.165, 1.54) is 5.56 Å². The second kappa shape index (κ2) is 11.7. The smallest absolute Gasteiger partial charge is 0.257 e. The van der Waals surface area contributed by atoms with Gasteiger partial charge >= 0.3 is 0 Å². The maximum Gasteiger partial charge on any atom is 0.257 e. The van der Waals surface area contributed by atoms with Crippen LogP contribution in [0.3, 0.4) is 0 Å². The topological polar surface area (TPSA) is 51.2 Å². The fraction of sp³-hybridized carbons (Fsp3) is 0.536. The fourth-order valence-electron chi connectivity index (χ4n) is 5.43. The van der Waals surface area contributed by atoms with Crippen LogP contribution in [0.4, 0.5) is 0 Å². The van der Waals surface area contributed by atoms with Crippen LogP contribution in [0.5, 0.6) is 11.5 Å². The van der Waals surface area contributed by atoms with Crippen molar-refractivity contribution in [2.75, 3.05) is 40.5 Å². The van der Waals surface area contributed by atoms with Crippen LogP contribution in [0, 0.1) is 6.92 Å². The third kappa shape index (κ3) is 5.56. The lowest BCUT2D eigenvalue weighted by Crippen LogP contribution is -2.51. The highest BCUT2D eigenvalue weighted by molar-refractivity contribution is 5.97. The molecular weight excluding hydrogens is 428 g/mol. The summed E-state index contributed by atoms with van der Waals surface area (Å²) in [5.74, 6) is 1.68. The molecule has 184 valence electrons. The number of hydrogen-bond donors (Lipinski definition) is 0. The number of rotatable bonds is 4. The van der Waals surface area contributed by atoms with Crippen molar-refractivity contribution in [1.29, 1.82) is 0 Å². The summed E-state index contributed by atoms with van der Waals surface area (Å²) >= 11 is 0. The number of aryl methyl sites for hydroxylation is 1. The maximum absolute atomic E-state index is 13.6. The summed E-state index contributed by atoms with van der Waals surface area (Å²) in [6.45, 7) is 5.96. The van der Waals surface area contributed by atoms with Crippen LogP contribution in [0.2, 0.25) is 0 Å². The molecule has 0 bridgehead atoms. The first kappa shape index (κ1) is 24.6. The SMILES string of the molecule is COc1c(C)cccc1CN1CCCC[C@@H]2[C@H](OC)CCCN2C(=O)c2ccccc2OCC1. The lowest BCUT2D eigenvalue weighted by Gasteiger charge is -2.41. The van der Waals surface area contributed by atoms with Gasteiger partial charge in [-0.15, -0.1) is 0 Å². The average molecular weight is 467 g/mol. The van der Waals surface area contributed by atoms with Crippen LogP contribution in [-0.4, -0.2) is 68.3 Å². The van der Waals surface area contributed by atoms with Crippen LogP contribution >= 0.6 is 0 Å². The molecule has 2 heterocycles. The van der Waals surface area contributed by atoms with Crippen molar-refractivity contribution < 1.29 is 19.0 Å². The summed E-state index contributed by atoms with van der Waals surface area (Å²) in [6, 6.07) is 14.1. The normalized spacial score (nSPS) is 22.4. The predicted molar refractivity (Wildman–Crippen MR) is 134 cm³/mol. The summed E-state index contributed by atoms with van der Waals surface area (Å²) in [5.41, 5.74) is 2.99. The predicted octanol–water partition coefficient (Wildman–Crippen LogP) is 4.69. The van der Waals surface area contributed by atoms with Crippen molar-refractivity contribution in [3.05, 3.63) is 59.2 Å². The van der Waals surface area contributed by atoms with E-state index in [0.717, 1.165) is 69.6 Å². The minimum Gasteiger partial charge on any atom is -0.496 e. The van der Waals surface area contributed by atoms with Gasteiger partial charge in [0.15, 0.2) is 0 Å². The van der Waals surface area contributed by atoms with Gasteiger partial charge in [-0.2, -0.15) is 0 Å². The van der Waals surface area contributed by atoms with E-state index < -0.39 is 0 Å². The summed E-state index contributed by atoms with van der Waals surface area (Å²) in [6.07, 6.45) is 5.13. The standard InChI is InChI=1S/C28H38N2O4/c1-21-10-8-11-22(27(21)33-3)20-29-16-7-6-13-24-26(32-2)15-9-17-30(24)28(31)23-12-4-5-14-25(23)34-19-18-29/h4-5,8,10-12,14,24,26H,6-7,9,13,15-20H2,1-3H3/t24-,26-/m1/s1. The van der Waals surface area contributed by atoms with Crippen molar-refractivity contribution in [3.63, 3.8) is 0 Å². The number of hydrogen-bond acceptors (Lipinski definition) is 5. The van der Waals surface area contributed by atoms with Crippen molar-refractivity contribution in [3.8, 4) is 11.5 Å². The summed E-state index contributed by atoms with van der Waals surface area (Å²) in [4.78, 5) is 18.1. The second-order valence-corrected chi connectivity index (χ2v) is 9.37. The Hall–Kier alpha value is -2.57. The first-order chi connectivity index (χ1) is 16.6. The first-order valence-electron chi connectivity index (χ1n) is 12.5. The molecule has 2 aromatic rings. The summed E-state index contributed by atoms with van der Waals surface area (Å²) in [7, 11) is 3.51. The van der Waals surface area contributed by atoms with Gasteiger partial charge in [-0.05, 0) is 56.8 Å². The Labute approximate surface area is 203 Å². The number of carbonyl (C=O) groups excluding carboxylic acids is 1. The molecule has 0 N–H and O–H groups in total. The van der Waals surface area contributed by atoms with Gasteiger partial charge in [0.25, 0.3) is 5.91 Å². The van der Waals surface area contributed by atoms with E-state index >= 15 is 0 Å². The van der Waals surface area contributed by atoms with Gasteiger partial charge in [-0.25, -0.2) is 0 Å². The van der Waals surface area contributed by atoms with E-state index in [9.17, 15) is 4.79 Å². The number of carbonyl (C=O) groups is 1. The molecule has 4 rings (SSSR count). The molecule has 0 spiro atoms. The van der Waals surface area contributed by atoms with Crippen molar-refractivity contribution in [1.82, 2.24) is 9.80 Å². The van der Waals surface area contributed by atoms with E-state index in [4.69, 9.17) is 14.2 Å². The second-order valence-electron chi connectivity index (χ2n) is 9.37. The van der Waals surface area contributed by atoms with Crippen molar-refractivity contribution in [2.24, 2.45) is 0 Å². The van der Waals surface area contributed by atoms with E-state index in [1.54, 1.807) is 14.2 Å². The third-order valence-corrected chi connectivity index (χ3v) is 7.18. The Kier molecular flexibility index (Phi) is 8.46. The molecule has 0 aliphatic carbocycles. The minimum absolute atomic E-state index is 0.0583. The molecule has 2 aromatic carbocycles. The van der Waals surface area contributed by atoms with E-state index in [2.05, 4.69) is 30.0 Å². The van der Waals surface area contributed by atoms with Gasteiger partial charge in [0.1, 0.15) is 18.1 Å². The third-order valence-electron chi connectivity index (χ3n) is 7.18. The molecule has 6 heteroatoms. The van der Waals surface area contributed by atoms with Gasteiger partial charge in [0, 0.05) is 32.3 Å². The van der Waals surface area contributed by atoms with Crippen molar-refractivity contribution in [2.45, 2.75) is 57.7 Å². The number of para-hydroxylation sites is 2. The average Bonchev–Trinajstić information content (AvgIpc) is 2.87. The summed E-state index contributed by atoms with van der Waals surface area (Å²) in [5, 5.41) is 0. The first-order valence-corrected chi connectivity index (χ1v) is 12.5. The molecule has 0 aromatic heterocycles. The van der Waals surface area contributed by atoms with E-state index in [-0.39, 0.29) is 18.1 Å². The van der Waals surface area contributed by atoms with E-state index in [1.807, 2.05) is 29.2 Å². The quantitative estimate of drug-likeness (QED) is 0.654. The lowest BCUT2D eigenvalue weighted by atomic mass is 9.93. The van der Waals surface area contributed by atoms with Gasteiger partial charge in [-0.1, -0.05) is 36.8 Å². The van der Waals surface area contributed by atoms with Crippen LogP contribution in [-0.2, 0) is 11.3 Å².